The van der Waals surface area contributed by atoms with Gasteiger partial charge in [0.1, 0.15) is 6.29 Å². The first kappa shape index (κ1) is 11.0. The number of para-hydroxylation sites is 2. The van der Waals surface area contributed by atoms with Gasteiger partial charge in [-0.25, -0.2) is 0 Å². The summed E-state index contributed by atoms with van der Waals surface area (Å²) in [6.45, 7) is 1.98. The van der Waals surface area contributed by atoms with Crippen LogP contribution in [-0.2, 0) is 4.79 Å². The molecule has 0 aromatic heterocycles. The van der Waals surface area contributed by atoms with Crippen LogP contribution in [0.2, 0.25) is 0 Å². The molecule has 0 fully saturated rings. The minimum absolute atomic E-state index is 0.0191. The van der Waals surface area contributed by atoms with Crippen molar-refractivity contribution in [1.29, 1.82) is 0 Å². The molecule has 0 radical (unpaired) electrons. The first-order valence-electron chi connectivity index (χ1n) is 6.21. The molecule has 1 N–H and O–H groups in total. The molecule has 2 aromatic rings. The Hall–Kier alpha value is -2.09. The molecule has 0 bridgehead atoms. The van der Waals surface area contributed by atoms with Crippen LogP contribution in [0, 0.1) is 5.92 Å². The second-order valence-corrected chi connectivity index (χ2v) is 4.77. The Morgan fingerprint density at radius 2 is 1.50 bits per heavy atom. The number of hydrogen-bond acceptors (Lipinski definition) is 2. The highest BCUT2D eigenvalue weighted by Crippen LogP contribution is 2.44. The van der Waals surface area contributed by atoms with Gasteiger partial charge in [-0.3, -0.25) is 0 Å². The van der Waals surface area contributed by atoms with Crippen LogP contribution in [0.4, 0.5) is 11.4 Å². The van der Waals surface area contributed by atoms with Gasteiger partial charge in [0.25, 0.3) is 0 Å². The lowest BCUT2D eigenvalue weighted by Crippen LogP contribution is -2.19. The average Bonchev–Trinajstić information content (AvgIpc) is 2.44. The molecule has 0 amide bonds. The molecule has 2 heteroatoms. The van der Waals surface area contributed by atoms with E-state index in [2.05, 4.69) is 29.6 Å². The van der Waals surface area contributed by atoms with Crippen LogP contribution >= 0.6 is 0 Å². The third-order valence-corrected chi connectivity index (χ3v) is 3.60. The normalized spacial score (nSPS) is 15.2. The number of aldehydes is 1. The molecule has 0 saturated heterocycles. The highest BCUT2D eigenvalue weighted by Gasteiger charge is 2.28. The first-order valence-corrected chi connectivity index (χ1v) is 6.21. The Bertz CT molecular complexity index is 546. The monoisotopic (exact) mass is 237 g/mol. The third-order valence-electron chi connectivity index (χ3n) is 3.60. The number of fused-ring (bicyclic) bond motifs is 2. The Kier molecular flexibility index (Phi) is 2.63. The fourth-order valence-corrected chi connectivity index (χ4v) is 2.72. The van der Waals surface area contributed by atoms with Crippen LogP contribution in [0.1, 0.15) is 24.0 Å². The zero-order valence-corrected chi connectivity index (χ0v) is 10.3. The Labute approximate surface area is 107 Å². The molecule has 2 nitrogen and oxygen atoms in total. The van der Waals surface area contributed by atoms with E-state index < -0.39 is 0 Å². The average molecular weight is 237 g/mol. The molecule has 1 aliphatic heterocycles. The summed E-state index contributed by atoms with van der Waals surface area (Å²) in [5, 5.41) is 3.43. The van der Waals surface area contributed by atoms with E-state index in [1.54, 1.807) is 0 Å². The lowest BCUT2D eigenvalue weighted by molar-refractivity contribution is -0.110. The van der Waals surface area contributed by atoms with Crippen LogP contribution in [0.15, 0.2) is 48.5 Å². The summed E-state index contributed by atoms with van der Waals surface area (Å²) in [6, 6.07) is 16.4. The van der Waals surface area contributed by atoms with E-state index in [0.717, 1.165) is 17.7 Å². The van der Waals surface area contributed by atoms with E-state index in [9.17, 15) is 4.79 Å². The molecule has 18 heavy (non-hydrogen) atoms. The Balaban J connectivity index is 2.20. The molecular formula is C16H15NO. The predicted molar refractivity (Wildman–Crippen MR) is 73.2 cm³/mol. The summed E-state index contributed by atoms with van der Waals surface area (Å²) in [7, 11) is 0. The van der Waals surface area contributed by atoms with E-state index in [-0.39, 0.29) is 11.8 Å². The molecule has 2 aromatic carbocycles. The van der Waals surface area contributed by atoms with Crippen molar-refractivity contribution < 1.29 is 4.79 Å². The number of anilines is 2. The van der Waals surface area contributed by atoms with Crippen LogP contribution in [0.3, 0.4) is 0 Å². The standard InChI is InChI=1S/C16H15NO/c1-11(10-18)16-12-6-2-4-8-14(12)17-15-9-5-3-7-13(15)16/h2-11,16-17H,1H3. The van der Waals surface area contributed by atoms with Crippen molar-refractivity contribution >= 4 is 17.7 Å². The van der Waals surface area contributed by atoms with Crippen molar-refractivity contribution in [3.05, 3.63) is 59.7 Å². The van der Waals surface area contributed by atoms with Crippen molar-refractivity contribution in [3.63, 3.8) is 0 Å². The van der Waals surface area contributed by atoms with Crippen molar-refractivity contribution in [2.75, 3.05) is 5.32 Å². The van der Waals surface area contributed by atoms with E-state index in [0.29, 0.717) is 0 Å². The summed E-state index contributed by atoms with van der Waals surface area (Å²) in [6.07, 6.45) is 1.05. The summed E-state index contributed by atoms with van der Waals surface area (Å²) >= 11 is 0. The predicted octanol–water partition coefficient (Wildman–Crippen LogP) is 3.71. The lowest BCUT2D eigenvalue weighted by Gasteiger charge is -2.31. The van der Waals surface area contributed by atoms with Gasteiger partial charge in [0.15, 0.2) is 0 Å². The number of carbonyl (C=O) groups is 1. The molecule has 90 valence electrons. The van der Waals surface area contributed by atoms with Gasteiger partial charge >= 0.3 is 0 Å². The highest BCUT2D eigenvalue weighted by atomic mass is 16.1. The fourth-order valence-electron chi connectivity index (χ4n) is 2.72. The summed E-state index contributed by atoms with van der Waals surface area (Å²) in [5.41, 5.74) is 4.62. The van der Waals surface area contributed by atoms with Gasteiger partial charge in [-0.1, -0.05) is 43.3 Å². The van der Waals surface area contributed by atoms with Gasteiger partial charge in [-0.2, -0.15) is 0 Å². The first-order chi connectivity index (χ1) is 8.81. The van der Waals surface area contributed by atoms with Crippen molar-refractivity contribution in [3.8, 4) is 0 Å². The minimum Gasteiger partial charge on any atom is -0.355 e. The quantitative estimate of drug-likeness (QED) is 0.807. The molecule has 1 heterocycles. The Morgan fingerprint density at radius 1 is 1.00 bits per heavy atom. The number of benzene rings is 2. The largest absolute Gasteiger partial charge is 0.355 e. The minimum atomic E-state index is -0.0191. The zero-order valence-electron chi connectivity index (χ0n) is 10.3. The lowest BCUT2D eigenvalue weighted by atomic mass is 9.79. The maximum absolute atomic E-state index is 11.2. The molecular weight excluding hydrogens is 222 g/mol. The van der Waals surface area contributed by atoms with Gasteiger partial charge in [0.2, 0.25) is 0 Å². The smallest absolute Gasteiger partial charge is 0.123 e. The van der Waals surface area contributed by atoms with Crippen molar-refractivity contribution in [2.45, 2.75) is 12.8 Å². The van der Waals surface area contributed by atoms with E-state index in [4.69, 9.17) is 0 Å². The summed E-state index contributed by atoms with van der Waals surface area (Å²) < 4.78 is 0. The van der Waals surface area contributed by atoms with Crippen LogP contribution in [0.5, 0.6) is 0 Å². The summed E-state index contributed by atoms with van der Waals surface area (Å²) in [4.78, 5) is 11.2. The maximum atomic E-state index is 11.2. The molecule has 1 aliphatic rings. The molecule has 0 spiro atoms. The van der Waals surface area contributed by atoms with Crippen molar-refractivity contribution in [1.82, 2.24) is 0 Å². The van der Waals surface area contributed by atoms with E-state index in [1.807, 2.05) is 31.2 Å². The number of rotatable bonds is 2. The zero-order chi connectivity index (χ0) is 12.5. The van der Waals surface area contributed by atoms with Gasteiger partial charge < -0.3 is 10.1 Å². The van der Waals surface area contributed by atoms with Gasteiger partial charge in [0.05, 0.1) is 0 Å². The van der Waals surface area contributed by atoms with Crippen molar-refractivity contribution in [2.24, 2.45) is 5.92 Å². The Morgan fingerprint density at radius 3 is 2.00 bits per heavy atom. The van der Waals surface area contributed by atoms with Gasteiger partial charge in [-0.05, 0) is 23.3 Å². The second kappa shape index (κ2) is 4.30. The van der Waals surface area contributed by atoms with Gasteiger partial charge in [0, 0.05) is 23.2 Å². The van der Waals surface area contributed by atoms with E-state index >= 15 is 0 Å². The van der Waals surface area contributed by atoms with Crippen LogP contribution in [-0.4, -0.2) is 6.29 Å². The number of nitrogens with one attached hydrogen (secondary N) is 1. The van der Waals surface area contributed by atoms with Gasteiger partial charge in [-0.15, -0.1) is 0 Å². The molecule has 3 rings (SSSR count). The SMILES string of the molecule is CC(C=O)C1c2ccccc2Nc2ccccc21. The summed E-state index contributed by atoms with van der Waals surface area (Å²) in [5.74, 6) is 0.130. The molecule has 0 saturated carbocycles. The second-order valence-electron chi connectivity index (χ2n) is 4.77. The molecule has 1 unspecified atom stereocenters. The number of carbonyl (C=O) groups excluding carboxylic acids is 1. The highest BCUT2D eigenvalue weighted by molar-refractivity contribution is 5.75. The van der Waals surface area contributed by atoms with Crippen LogP contribution in [0.25, 0.3) is 0 Å². The topological polar surface area (TPSA) is 29.1 Å². The molecule has 1 atom stereocenters. The number of hydrogen-bond donors (Lipinski definition) is 1. The maximum Gasteiger partial charge on any atom is 0.123 e. The third kappa shape index (κ3) is 1.61. The fraction of sp³-hybridized carbons (Fsp3) is 0.188. The molecule has 0 aliphatic carbocycles. The van der Waals surface area contributed by atoms with Crippen LogP contribution < -0.4 is 5.32 Å². The van der Waals surface area contributed by atoms with E-state index in [1.165, 1.54) is 11.1 Å².